The van der Waals surface area contributed by atoms with E-state index in [-0.39, 0.29) is 42.3 Å². The number of piperazine rings is 1. The summed E-state index contributed by atoms with van der Waals surface area (Å²) in [5, 5.41) is 4.67. The quantitative estimate of drug-likeness (QED) is 0.486. The van der Waals surface area contributed by atoms with Crippen LogP contribution in [0.25, 0.3) is 10.8 Å². The molecule has 0 saturated carbocycles. The number of fused-ring (bicyclic) bond motifs is 1. The van der Waals surface area contributed by atoms with Crippen LogP contribution in [0.2, 0.25) is 0 Å². The minimum Gasteiger partial charge on any atom is -0.451 e. The molecule has 1 aromatic heterocycles. The molecule has 0 unspecified atom stereocenters. The van der Waals surface area contributed by atoms with Crippen molar-refractivity contribution in [3.05, 3.63) is 69.6 Å². The van der Waals surface area contributed by atoms with Gasteiger partial charge < -0.3 is 9.64 Å². The number of amides is 1. The summed E-state index contributed by atoms with van der Waals surface area (Å²) >= 11 is 0. The number of hydrogen-bond acceptors (Lipinski definition) is 7. The van der Waals surface area contributed by atoms with Crippen molar-refractivity contribution >= 4 is 32.7 Å². The Balaban J connectivity index is 1.39. The van der Waals surface area contributed by atoms with Crippen molar-refractivity contribution in [2.45, 2.75) is 18.7 Å². The Kier molecular flexibility index (Phi) is 6.73. The van der Waals surface area contributed by atoms with Crippen molar-refractivity contribution in [1.29, 1.82) is 0 Å². The number of carbonyl (C=O) groups is 2. The average molecular weight is 499 g/mol. The van der Waals surface area contributed by atoms with E-state index in [1.165, 1.54) is 16.3 Å². The Morgan fingerprint density at radius 3 is 2.31 bits per heavy atom. The third-order valence-corrected chi connectivity index (χ3v) is 8.08. The van der Waals surface area contributed by atoms with Gasteiger partial charge in [0, 0.05) is 38.6 Å². The van der Waals surface area contributed by atoms with E-state index in [0.29, 0.717) is 16.3 Å². The summed E-state index contributed by atoms with van der Waals surface area (Å²) in [5.41, 5.74) is 1.25. The van der Waals surface area contributed by atoms with Crippen LogP contribution in [-0.4, -0.2) is 72.1 Å². The summed E-state index contributed by atoms with van der Waals surface area (Å²) in [7, 11) is -2.24. The molecule has 1 amide bonds. The molecule has 11 heteroatoms. The number of hydrogen-bond donors (Lipinski definition) is 0. The van der Waals surface area contributed by atoms with Gasteiger partial charge in [0.15, 0.2) is 12.3 Å². The molecule has 35 heavy (non-hydrogen) atoms. The van der Waals surface area contributed by atoms with Gasteiger partial charge in [0.25, 0.3) is 11.5 Å². The standard InChI is InChI=1S/C24H26N4O6S/c1-16-8-9-20(17(2)14-16)35(32,33)28-12-10-27(11-13-28)21(29)15-34-24(31)22-18-6-4-5-7-19(18)23(30)26(3)25-22/h4-9,14H,10-13,15H2,1-3H3. The maximum absolute atomic E-state index is 13.0. The third-order valence-electron chi connectivity index (χ3n) is 6.02. The summed E-state index contributed by atoms with van der Waals surface area (Å²) in [6.07, 6.45) is 0. The van der Waals surface area contributed by atoms with Crippen LogP contribution in [0.5, 0.6) is 0 Å². The normalized spacial score (nSPS) is 14.8. The SMILES string of the molecule is Cc1ccc(S(=O)(=O)N2CCN(C(=O)COC(=O)c3nn(C)c(=O)c4ccccc34)CC2)c(C)c1. The number of nitrogens with zero attached hydrogens (tertiary/aromatic N) is 4. The maximum atomic E-state index is 13.0. The first-order valence-electron chi connectivity index (χ1n) is 11.1. The zero-order valence-electron chi connectivity index (χ0n) is 19.7. The van der Waals surface area contributed by atoms with Crippen LogP contribution >= 0.6 is 0 Å². The smallest absolute Gasteiger partial charge is 0.359 e. The van der Waals surface area contributed by atoms with Gasteiger partial charge in [0.2, 0.25) is 10.0 Å². The maximum Gasteiger partial charge on any atom is 0.359 e. The van der Waals surface area contributed by atoms with Gasteiger partial charge in [-0.25, -0.2) is 17.9 Å². The van der Waals surface area contributed by atoms with Crippen LogP contribution in [0, 0.1) is 13.8 Å². The number of carbonyl (C=O) groups excluding carboxylic acids is 2. The Morgan fingerprint density at radius 2 is 1.66 bits per heavy atom. The molecule has 1 fully saturated rings. The molecule has 0 N–H and O–H groups in total. The molecular weight excluding hydrogens is 472 g/mol. The Morgan fingerprint density at radius 1 is 1.00 bits per heavy atom. The summed E-state index contributed by atoms with van der Waals surface area (Å²) in [6, 6.07) is 11.7. The number of aryl methyl sites for hydroxylation is 3. The average Bonchev–Trinajstić information content (AvgIpc) is 2.84. The minimum absolute atomic E-state index is 0.0557. The van der Waals surface area contributed by atoms with Gasteiger partial charge in [0.05, 0.1) is 10.3 Å². The number of benzene rings is 2. The molecule has 1 aliphatic rings. The lowest BCUT2D eigenvalue weighted by molar-refractivity contribution is -0.135. The zero-order chi connectivity index (χ0) is 25.3. The first-order valence-corrected chi connectivity index (χ1v) is 12.5. The molecule has 0 bridgehead atoms. The summed E-state index contributed by atoms with van der Waals surface area (Å²) in [6.45, 7) is 3.80. The topological polar surface area (TPSA) is 119 Å². The first kappa shape index (κ1) is 24.6. The van der Waals surface area contributed by atoms with E-state index in [0.717, 1.165) is 10.2 Å². The van der Waals surface area contributed by atoms with Crippen molar-refractivity contribution in [2.24, 2.45) is 7.05 Å². The van der Waals surface area contributed by atoms with Crippen LogP contribution < -0.4 is 5.56 Å². The van der Waals surface area contributed by atoms with Crippen LogP contribution in [0.3, 0.4) is 0 Å². The summed E-state index contributed by atoms with van der Waals surface area (Å²) < 4.78 is 33.7. The van der Waals surface area contributed by atoms with Crippen LogP contribution in [0.1, 0.15) is 21.6 Å². The third kappa shape index (κ3) is 4.82. The number of ether oxygens (including phenoxy) is 1. The number of esters is 1. The van der Waals surface area contributed by atoms with Gasteiger partial charge in [-0.2, -0.15) is 9.40 Å². The van der Waals surface area contributed by atoms with E-state index in [9.17, 15) is 22.8 Å². The molecule has 0 spiro atoms. The Bertz CT molecular complexity index is 1470. The van der Waals surface area contributed by atoms with Gasteiger partial charge in [0.1, 0.15) is 0 Å². The second-order valence-electron chi connectivity index (χ2n) is 8.45. The number of aromatic nitrogens is 2. The van der Waals surface area contributed by atoms with Crippen molar-refractivity contribution in [1.82, 2.24) is 19.0 Å². The van der Waals surface area contributed by atoms with Crippen LogP contribution in [0.15, 0.2) is 52.2 Å². The van der Waals surface area contributed by atoms with E-state index >= 15 is 0 Å². The lowest BCUT2D eigenvalue weighted by Gasteiger charge is -2.34. The van der Waals surface area contributed by atoms with Gasteiger partial charge in [-0.1, -0.05) is 35.9 Å². The fraction of sp³-hybridized carbons (Fsp3) is 0.333. The van der Waals surface area contributed by atoms with Crippen LogP contribution in [0.4, 0.5) is 0 Å². The molecule has 10 nitrogen and oxygen atoms in total. The van der Waals surface area contributed by atoms with Crippen molar-refractivity contribution in [2.75, 3.05) is 32.8 Å². The lowest BCUT2D eigenvalue weighted by Crippen LogP contribution is -2.51. The molecule has 2 aromatic carbocycles. The molecule has 1 saturated heterocycles. The molecule has 0 atom stereocenters. The first-order chi connectivity index (χ1) is 16.6. The van der Waals surface area contributed by atoms with Gasteiger partial charge in [-0.3, -0.25) is 9.59 Å². The largest absolute Gasteiger partial charge is 0.451 e. The molecule has 184 valence electrons. The van der Waals surface area contributed by atoms with Crippen molar-refractivity contribution < 1.29 is 22.7 Å². The van der Waals surface area contributed by atoms with E-state index in [1.807, 2.05) is 13.0 Å². The fourth-order valence-corrected chi connectivity index (χ4v) is 5.77. The predicted octanol–water partition coefficient (Wildman–Crippen LogP) is 1.24. The highest BCUT2D eigenvalue weighted by atomic mass is 32.2. The van der Waals surface area contributed by atoms with Gasteiger partial charge in [-0.15, -0.1) is 0 Å². The molecule has 2 heterocycles. The van der Waals surface area contributed by atoms with Crippen molar-refractivity contribution in [3.63, 3.8) is 0 Å². The van der Waals surface area contributed by atoms with E-state index in [2.05, 4.69) is 5.10 Å². The van der Waals surface area contributed by atoms with Crippen molar-refractivity contribution in [3.8, 4) is 0 Å². The van der Waals surface area contributed by atoms with E-state index in [4.69, 9.17) is 4.74 Å². The minimum atomic E-state index is -3.67. The molecule has 0 aliphatic carbocycles. The highest BCUT2D eigenvalue weighted by Crippen LogP contribution is 2.22. The number of rotatable bonds is 5. The molecule has 1 aliphatic heterocycles. The second-order valence-corrected chi connectivity index (χ2v) is 10.4. The van der Waals surface area contributed by atoms with Gasteiger partial charge >= 0.3 is 5.97 Å². The number of sulfonamides is 1. The molecule has 4 rings (SSSR count). The Hall–Kier alpha value is -3.57. The molecule has 0 radical (unpaired) electrons. The highest BCUT2D eigenvalue weighted by molar-refractivity contribution is 7.89. The summed E-state index contributed by atoms with van der Waals surface area (Å²) in [5.74, 6) is -1.25. The van der Waals surface area contributed by atoms with Crippen LogP contribution in [-0.2, 0) is 26.6 Å². The second kappa shape index (κ2) is 9.59. The highest BCUT2D eigenvalue weighted by Gasteiger charge is 2.31. The lowest BCUT2D eigenvalue weighted by atomic mass is 10.1. The van der Waals surface area contributed by atoms with E-state index in [1.54, 1.807) is 43.3 Å². The van der Waals surface area contributed by atoms with Gasteiger partial charge in [-0.05, 0) is 31.5 Å². The zero-order valence-corrected chi connectivity index (χ0v) is 20.5. The predicted molar refractivity (Wildman–Crippen MR) is 129 cm³/mol. The molecule has 3 aromatic rings. The summed E-state index contributed by atoms with van der Waals surface area (Å²) in [4.78, 5) is 39.3. The molecular formula is C24H26N4O6S. The fourth-order valence-electron chi connectivity index (χ4n) is 4.14. The van der Waals surface area contributed by atoms with E-state index < -0.39 is 28.5 Å². The Labute approximate surface area is 202 Å². The monoisotopic (exact) mass is 498 g/mol.